The van der Waals surface area contributed by atoms with E-state index in [-0.39, 0.29) is 78.9 Å². The largest absolute Gasteiger partial charge is 0.478 e. The summed E-state index contributed by atoms with van der Waals surface area (Å²) < 4.78 is 3.78. The van der Waals surface area contributed by atoms with Crippen LogP contribution < -0.4 is 65.7 Å². The highest BCUT2D eigenvalue weighted by Gasteiger charge is 2.29. The molecule has 0 fully saturated rings. The highest BCUT2D eigenvalue weighted by Crippen LogP contribution is 2.25. The molecule has 0 atom stereocenters. The Hall–Kier alpha value is -12.4. The molecule has 28 heteroatoms. The molecular formula is C60H44N8O20. The third-order valence-corrected chi connectivity index (χ3v) is 14.3. The number of carbonyl (C=O) groups excluding carboxylic acids is 4. The summed E-state index contributed by atoms with van der Waals surface area (Å²) in [5.74, 6) is -10.1. The van der Waals surface area contributed by atoms with E-state index in [2.05, 4.69) is 21.3 Å². The smallest absolute Gasteiger partial charge is 0.336 e. The van der Waals surface area contributed by atoms with Crippen molar-refractivity contribution in [1.82, 2.24) is 28.9 Å². The number of amides is 4. The van der Waals surface area contributed by atoms with E-state index in [4.69, 9.17) is 0 Å². The fourth-order valence-corrected chi connectivity index (χ4v) is 9.92. The maximum absolute atomic E-state index is 13.3. The first-order valence-electron chi connectivity index (χ1n) is 26.2. The standard InChI is InChI=1S/C30H26N4O12.C30H18N4O8/c1-3-8-32-24(36)16-10-18(22(30(45)46)12-20(16)28(41)42)26(38)34-14-6-4-13(5-7-14)33-25(37)17-9-15(23(35)31-2)19(27(39)40)11-21(17)29(43)44;1-3-8-32-25(37)17-11-21-22(12-18(17)26(32)38)30(42)34(29(21)41)14-6-4-13(5-7-14)33-27(39)19-9-15-16(10-20(19)28(33)40)24(36)31(2)23(15)35/h4-7,9-12H,3,8H2,1-2H3,(H,31,35)(H,32,36)(H,33,37)(H,34,38)(H,39,40)(H,41,42)(H,43,44)(H,45,46);4-7,9-12H,3,8H2,1-2H3. The Morgan fingerprint density at radius 1 is 0.375 bits per heavy atom. The number of fused-ring (bicyclic) bond motifs is 4. The summed E-state index contributed by atoms with van der Waals surface area (Å²) in [5, 5.41) is 47.8. The number of carboxylic acid groups (broad SMARTS) is 4. The van der Waals surface area contributed by atoms with E-state index in [1.165, 1.54) is 86.9 Å². The van der Waals surface area contributed by atoms with Crippen LogP contribution in [0.1, 0.15) is 110 Å². The minimum Gasteiger partial charge on any atom is -0.478 e. The molecule has 88 heavy (non-hydrogen) atoms. The van der Waals surface area contributed by atoms with Gasteiger partial charge in [-0.3, -0.25) is 66.7 Å². The molecule has 0 radical (unpaired) electrons. The van der Waals surface area contributed by atoms with Crippen molar-refractivity contribution in [2.45, 2.75) is 33.2 Å². The van der Waals surface area contributed by atoms with Gasteiger partial charge in [0.1, 0.15) is 0 Å². The zero-order valence-electron chi connectivity index (χ0n) is 46.2. The first kappa shape index (κ1) is 60.2. The van der Waals surface area contributed by atoms with Crippen LogP contribution in [0.5, 0.6) is 0 Å². The summed E-state index contributed by atoms with van der Waals surface area (Å²) in [6.07, 6.45) is 1.09. The zero-order chi connectivity index (χ0) is 64.1. The van der Waals surface area contributed by atoms with Crippen molar-refractivity contribution in [2.24, 2.45) is 7.05 Å². The summed E-state index contributed by atoms with van der Waals surface area (Å²) in [5.41, 5.74) is -9.00. The Bertz CT molecular complexity index is 5030. The van der Waals surface area contributed by atoms with Crippen molar-refractivity contribution in [1.29, 1.82) is 0 Å². The molecule has 0 saturated carbocycles. The van der Waals surface area contributed by atoms with E-state index < -0.39 is 136 Å². The fraction of sp³-hybridized carbons (Fsp3) is 0.133. The lowest BCUT2D eigenvalue weighted by atomic mass is 9.96. The van der Waals surface area contributed by atoms with E-state index in [1.807, 2.05) is 6.92 Å². The van der Waals surface area contributed by atoms with Crippen LogP contribution in [0.3, 0.4) is 0 Å². The average Bonchev–Trinajstić information content (AvgIpc) is 1.92. The van der Waals surface area contributed by atoms with Gasteiger partial charge in [0.15, 0.2) is 0 Å². The summed E-state index contributed by atoms with van der Waals surface area (Å²) in [4.78, 5) is 201. The number of aromatic carboxylic acids is 4. The molecular weight excluding hydrogens is 1150 g/mol. The van der Waals surface area contributed by atoms with Crippen molar-refractivity contribution < 1.29 is 58.8 Å². The highest BCUT2D eigenvalue weighted by molar-refractivity contribution is 6.16. The summed E-state index contributed by atoms with van der Waals surface area (Å²) in [7, 11) is 2.53. The number of hydrogen-bond donors (Lipinski definition) is 8. The van der Waals surface area contributed by atoms with Crippen LogP contribution in [-0.2, 0) is 13.6 Å². The minimum absolute atomic E-state index is 0.00883. The molecule has 444 valence electrons. The lowest BCUT2D eigenvalue weighted by molar-refractivity contribution is 0.0672. The van der Waals surface area contributed by atoms with Gasteiger partial charge in [0.05, 0.1) is 99.0 Å². The third kappa shape index (κ3) is 10.5. The molecule has 0 unspecified atom stereocenters. The van der Waals surface area contributed by atoms with Crippen LogP contribution in [-0.4, -0.2) is 99.8 Å². The fourth-order valence-electron chi connectivity index (χ4n) is 9.92. The van der Waals surface area contributed by atoms with Crippen molar-refractivity contribution in [3.8, 4) is 11.4 Å². The van der Waals surface area contributed by atoms with Crippen LogP contribution in [0, 0.1) is 0 Å². The van der Waals surface area contributed by atoms with Crippen LogP contribution >= 0.6 is 0 Å². The summed E-state index contributed by atoms with van der Waals surface area (Å²) in [6, 6.07) is 18.8. The molecule has 4 heterocycles. The summed E-state index contributed by atoms with van der Waals surface area (Å²) >= 11 is 0. The first-order valence-corrected chi connectivity index (χ1v) is 26.2. The van der Waals surface area contributed by atoms with Crippen molar-refractivity contribution in [2.75, 3.05) is 24.2 Å². The number of carboxylic acids is 4. The maximum atomic E-state index is 13.3. The summed E-state index contributed by atoms with van der Waals surface area (Å²) in [6.45, 7) is 4.00. The van der Waals surface area contributed by atoms with Crippen molar-refractivity contribution >= 4 is 102 Å². The number of rotatable bonds is 16. The molecule has 0 aliphatic rings. The van der Waals surface area contributed by atoms with Gasteiger partial charge in [-0.1, -0.05) is 13.8 Å². The van der Waals surface area contributed by atoms with Gasteiger partial charge in [-0.2, -0.15) is 0 Å². The van der Waals surface area contributed by atoms with Gasteiger partial charge in [0.2, 0.25) is 0 Å². The second-order valence-electron chi connectivity index (χ2n) is 19.7. The van der Waals surface area contributed by atoms with Crippen LogP contribution in [0.15, 0.2) is 135 Å². The van der Waals surface area contributed by atoms with Gasteiger partial charge < -0.3 is 41.7 Å². The van der Waals surface area contributed by atoms with Gasteiger partial charge in [-0.25, -0.2) is 28.3 Å². The topological polar surface area (TPSA) is 422 Å². The second kappa shape index (κ2) is 23.4. The number of hydrogen-bond acceptors (Lipinski definition) is 16. The molecule has 4 aromatic heterocycles. The highest BCUT2D eigenvalue weighted by atomic mass is 16.4. The Morgan fingerprint density at radius 2 is 0.670 bits per heavy atom. The number of nitrogens with zero attached hydrogens (tertiary/aromatic N) is 4. The predicted octanol–water partition coefficient (Wildman–Crippen LogP) is 2.55. The van der Waals surface area contributed by atoms with E-state index in [9.17, 15) is 97.1 Å². The molecule has 28 nitrogen and oxygen atoms in total. The van der Waals surface area contributed by atoms with Gasteiger partial charge in [0.25, 0.3) is 68.1 Å². The zero-order valence-corrected chi connectivity index (χ0v) is 46.2. The van der Waals surface area contributed by atoms with E-state index in [0.29, 0.717) is 25.0 Å². The van der Waals surface area contributed by atoms with E-state index >= 15 is 0 Å². The molecule has 0 bridgehead atoms. The molecule has 0 aliphatic heterocycles. The van der Waals surface area contributed by atoms with E-state index in [1.54, 1.807) is 6.92 Å². The minimum atomic E-state index is -1.63. The predicted molar refractivity (Wildman–Crippen MR) is 316 cm³/mol. The number of aromatic nitrogens is 4. The van der Waals surface area contributed by atoms with Crippen LogP contribution in [0.25, 0.3) is 54.5 Å². The maximum Gasteiger partial charge on any atom is 0.336 e. The second-order valence-corrected chi connectivity index (χ2v) is 19.7. The Kier molecular flexibility index (Phi) is 16.0. The molecule has 8 N–H and O–H groups in total. The molecule has 10 aromatic rings. The molecule has 0 aliphatic carbocycles. The molecule has 0 saturated heterocycles. The van der Waals surface area contributed by atoms with Gasteiger partial charge >= 0.3 is 23.9 Å². The Morgan fingerprint density at radius 3 is 0.977 bits per heavy atom. The number of anilines is 2. The number of nitrogens with one attached hydrogen (secondary N) is 4. The number of benzene rings is 6. The van der Waals surface area contributed by atoms with Gasteiger partial charge in [-0.05, 0) is 110 Å². The third-order valence-electron chi connectivity index (χ3n) is 14.3. The number of carbonyl (C=O) groups is 8. The van der Waals surface area contributed by atoms with Crippen molar-refractivity contribution in [3.63, 3.8) is 0 Å². The van der Waals surface area contributed by atoms with Gasteiger partial charge in [-0.15, -0.1) is 0 Å². The Balaban J connectivity index is 0.000000210. The average molecular weight is 1200 g/mol. The lowest BCUT2D eigenvalue weighted by Gasteiger charge is -2.14. The van der Waals surface area contributed by atoms with Crippen LogP contribution in [0.2, 0.25) is 0 Å². The quantitative estimate of drug-likeness (QED) is 0.0689. The van der Waals surface area contributed by atoms with Crippen molar-refractivity contribution in [3.05, 3.63) is 224 Å². The van der Waals surface area contributed by atoms with E-state index in [0.717, 1.165) is 30.4 Å². The SMILES string of the molecule is CCCNC(=O)c1cc(C(=O)Nc2ccc(NC(=O)c3cc(C(=O)NC)c(C(=O)O)cc3C(=O)O)cc2)c(C(=O)O)cc1C(=O)O.CCCn1c(=O)c2cc3c(=O)n(-c4ccc(-n5c(=O)c6cc7c(=O)n(C)c(=O)c7cc6c5=O)cc4)c(=O)c3cc2c1=O. The molecule has 10 rings (SSSR count). The first-order chi connectivity index (χ1) is 41.7. The van der Waals surface area contributed by atoms with Gasteiger partial charge in [0, 0.05) is 38.6 Å². The van der Waals surface area contributed by atoms with Crippen LogP contribution in [0.4, 0.5) is 11.4 Å². The molecule has 0 spiro atoms. The monoisotopic (exact) mass is 1200 g/mol. The lowest BCUT2D eigenvalue weighted by Crippen LogP contribution is -2.27. The molecule has 4 amide bonds. The molecule has 6 aromatic carbocycles. The normalized spacial score (nSPS) is 11.1. The Labute approximate surface area is 488 Å².